The highest BCUT2D eigenvalue weighted by atomic mass is 19.1. The molecule has 1 aromatic rings. The van der Waals surface area contributed by atoms with Gasteiger partial charge in [-0.25, -0.2) is 13.6 Å². The minimum atomic E-state index is -0.781. The predicted octanol–water partition coefficient (Wildman–Crippen LogP) is 3.67. The molecule has 0 aliphatic rings. The van der Waals surface area contributed by atoms with Gasteiger partial charge in [-0.15, -0.1) is 0 Å². The van der Waals surface area contributed by atoms with Crippen molar-refractivity contribution in [2.24, 2.45) is 0 Å². The van der Waals surface area contributed by atoms with Crippen LogP contribution in [0, 0.1) is 11.6 Å². The molecule has 100 valence electrons. The first-order chi connectivity index (χ1) is 8.63. The standard InChI is InChI=1S/C13H18F2N2O/c1-2-3-4-5-8-16-13(18)17-12-7-6-10(14)9-11(12)15/h6-7,9H,2-5,8H2,1H3,(H2,16,17,18). The maximum absolute atomic E-state index is 13.2. The summed E-state index contributed by atoms with van der Waals surface area (Å²) in [6.07, 6.45) is 4.22. The van der Waals surface area contributed by atoms with Gasteiger partial charge in [-0.05, 0) is 18.6 Å². The zero-order valence-corrected chi connectivity index (χ0v) is 10.4. The van der Waals surface area contributed by atoms with Gasteiger partial charge in [-0.3, -0.25) is 0 Å². The lowest BCUT2D eigenvalue weighted by atomic mass is 10.2. The van der Waals surface area contributed by atoms with Crippen molar-refractivity contribution in [3.05, 3.63) is 29.8 Å². The molecule has 0 radical (unpaired) electrons. The normalized spacial score (nSPS) is 10.2. The average molecular weight is 256 g/mol. The van der Waals surface area contributed by atoms with Crippen LogP contribution in [0.4, 0.5) is 19.3 Å². The molecule has 0 saturated carbocycles. The summed E-state index contributed by atoms with van der Waals surface area (Å²) in [7, 11) is 0. The number of carbonyl (C=O) groups excluding carboxylic acids is 1. The highest BCUT2D eigenvalue weighted by Crippen LogP contribution is 2.14. The number of anilines is 1. The molecule has 3 nitrogen and oxygen atoms in total. The van der Waals surface area contributed by atoms with Gasteiger partial charge in [0, 0.05) is 12.6 Å². The zero-order valence-electron chi connectivity index (χ0n) is 10.4. The van der Waals surface area contributed by atoms with Gasteiger partial charge in [-0.1, -0.05) is 26.2 Å². The number of hydrogen-bond donors (Lipinski definition) is 2. The van der Waals surface area contributed by atoms with Gasteiger partial charge in [0.25, 0.3) is 0 Å². The maximum Gasteiger partial charge on any atom is 0.319 e. The van der Waals surface area contributed by atoms with Crippen molar-refractivity contribution in [3.8, 4) is 0 Å². The lowest BCUT2D eigenvalue weighted by Crippen LogP contribution is -2.29. The fourth-order valence-electron chi connectivity index (χ4n) is 1.51. The summed E-state index contributed by atoms with van der Waals surface area (Å²) in [6.45, 7) is 2.66. The van der Waals surface area contributed by atoms with E-state index < -0.39 is 17.7 Å². The molecule has 0 unspecified atom stereocenters. The van der Waals surface area contributed by atoms with E-state index in [0.29, 0.717) is 6.54 Å². The van der Waals surface area contributed by atoms with Crippen LogP contribution in [0.25, 0.3) is 0 Å². The van der Waals surface area contributed by atoms with Crippen LogP contribution in [-0.4, -0.2) is 12.6 Å². The lowest BCUT2D eigenvalue weighted by Gasteiger charge is -2.08. The summed E-state index contributed by atoms with van der Waals surface area (Å²) in [6, 6.07) is 2.55. The number of nitrogens with one attached hydrogen (secondary N) is 2. The van der Waals surface area contributed by atoms with E-state index in [0.717, 1.165) is 37.8 Å². The molecule has 2 N–H and O–H groups in total. The fourth-order valence-corrected chi connectivity index (χ4v) is 1.51. The van der Waals surface area contributed by atoms with E-state index in [1.54, 1.807) is 0 Å². The Hall–Kier alpha value is -1.65. The molecule has 0 fully saturated rings. The van der Waals surface area contributed by atoms with Crippen molar-refractivity contribution < 1.29 is 13.6 Å². The van der Waals surface area contributed by atoms with Crippen molar-refractivity contribution in [2.75, 3.05) is 11.9 Å². The van der Waals surface area contributed by atoms with Crippen LogP contribution in [0.1, 0.15) is 32.6 Å². The van der Waals surface area contributed by atoms with Crippen molar-refractivity contribution in [1.29, 1.82) is 0 Å². The van der Waals surface area contributed by atoms with Crippen LogP contribution in [0.15, 0.2) is 18.2 Å². The fraction of sp³-hybridized carbons (Fsp3) is 0.462. The molecule has 0 aromatic heterocycles. The minimum absolute atomic E-state index is 0.0255. The Labute approximate surface area is 106 Å². The van der Waals surface area contributed by atoms with Gasteiger partial charge in [0.1, 0.15) is 11.6 Å². The minimum Gasteiger partial charge on any atom is -0.338 e. The first kappa shape index (κ1) is 14.4. The number of rotatable bonds is 6. The SMILES string of the molecule is CCCCCCNC(=O)Nc1ccc(F)cc1F. The van der Waals surface area contributed by atoms with Gasteiger partial charge in [-0.2, -0.15) is 0 Å². The topological polar surface area (TPSA) is 41.1 Å². The van der Waals surface area contributed by atoms with E-state index in [4.69, 9.17) is 0 Å². The van der Waals surface area contributed by atoms with Crippen LogP contribution < -0.4 is 10.6 Å². The predicted molar refractivity (Wildman–Crippen MR) is 67.5 cm³/mol. The van der Waals surface area contributed by atoms with Gasteiger partial charge in [0.15, 0.2) is 0 Å². The Bertz CT molecular complexity index is 397. The molecule has 2 amide bonds. The monoisotopic (exact) mass is 256 g/mol. The second-order valence-corrected chi connectivity index (χ2v) is 4.07. The van der Waals surface area contributed by atoms with Crippen molar-refractivity contribution >= 4 is 11.7 Å². The number of halogens is 2. The highest BCUT2D eigenvalue weighted by Gasteiger charge is 2.06. The van der Waals surface area contributed by atoms with Crippen molar-refractivity contribution in [2.45, 2.75) is 32.6 Å². The number of urea groups is 1. The summed E-state index contributed by atoms with van der Waals surface area (Å²) < 4.78 is 25.9. The van der Waals surface area contributed by atoms with Crippen LogP contribution in [-0.2, 0) is 0 Å². The van der Waals surface area contributed by atoms with Crippen LogP contribution in [0.3, 0.4) is 0 Å². The van der Waals surface area contributed by atoms with Crippen LogP contribution in [0.2, 0.25) is 0 Å². The molecule has 1 rings (SSSR count). The lowest BCUT2D eigenvalue weighted by molar-refractivity contribution is 0.251. The van der Waals surface area contributed by atoms with Gasteiger partial charge < -0.3 is 10.6 Å². The largest absolute Gasteiger partial charge is 0.338 e. The quantitative estimate of drug-likeness (QED) is 0.749. The molecule has 1 aromatic carbocycles. The Morgan fingerprint density at radius 1 is 1.22 bits per heavy atom. The van der Waals surface area contributed by atoms with E-state index in [1.165, 1.54) is 6.07 Å². The summed E-state index contributed by atoms with van der Waals surface area (Å²) in [5.41, 5.74) is -0.0255. The second kappa shape index (κ2) is 7.63. The Morgan fingerprint density at radius 3 is 2.67 bits per heavy atom. The molecule has 0 saturated heterocycles. The third-order valence-corrected chi connectivity index (χ3v) is 2.50. The zero-order chi connectivity index (χ0) is 13.4. The molecule has 0 bridgehead atoms. The smallest absolute Gasteiger partial charge is 0.319 e. The van der Waals surface area contributed by atoms with Crippen LogP contribution in [0.5, 0.6) is 0 Å². The third-order valence-electron chi connectivity index (χ3n) is 2.50. The molecule has 0 aliphatic heterocycles. The van der Waals surface area contributed by atoms with Gasteiger partial charge >= 0.3 is 6.03 Å². The van der Waals surface area contributed by atoms with E-state index in [1.807, 2.05) is 0 Å². The average Bonchev–Trinajstić information content (AvgIpc) is 2.32. The molecule has 0 aliphatic carbocycles. The number of unbranched alkanes of at least 4 members (excludes halogenated alkanes) is 3. The Balaban J connectivity index is 2.31. The highest BCUT2D eigenvalue weighted by molar-refractivity contribution is 5.89. The molecular formula is C13H18F2N2O. The third kappa shape index (κ3) is 5.12. The summed E-state index contributed by atoms with van der Waals surface area (Å²) in [5, 5.41) is 4.96. The van der Waals surface area contributed by atoms with Crippen LogP contribution >= 0.6 is 0 Å². The summed E-state index contributed by atoms with van der Waals surface area (Å²) >= 11 is 0. The maximum atomic E-state index is 13.2. The number of amides is 2. The number of hydrogen-bond acceptors (Lipinski definition) is 1. The Kier molecular flexibility index (Phi) is 6.11. The second-order valence-electron chi connectivity index (χ2n) is 4.07. The summed E-state index contributed by atoms with van der Waals surface area (Å²) in [5.74, 6) is -1.45. The molecular weight excluding hydrogens is 238 g/mol. The number of carbonyl (C=O) groups is 1. The molecule has 0 heterocycles. The van der Waals surface area contributed by atoms with E-state index in [9.17, 15) is 13.6 Å². The van der Waals surface area contributed by atoms with Crippen molar-refractivity contribution in [1.82, 2.24) is 5.32 Å². The molecule has 18 heavy (non-hydrogen) atoms. The summed E-state index contributed by atoms with van der Waals surface area (Å²) in [4.78, 5) is 11.4. The number of benzene rings is 1. The Morgan fingerprint density at radius 2 is 2.00 bits per heavy atom. The van der Waals surface area contributed by atoms with Gasteiger partial charge in [0.2, 0.25) is 0 Å². The molecule has 5 heteroatoms. The van der Waals surface area contributed by atoms with E-state index in [2.05, 4.69) is 17.6 Å². The first-order valence-electron chi connectivity index (χ1n) is 6.13. The first-order valence-corrected chi connectivity index (χ1v) is 6.13. The van der Waals surface area contributed by atoms with Gasteiger partial charge in [0.05, 0.1) is 5.69 Å². The van der Waals surface area contributed by atoms with E-state index >= 15 is 0 Å². The van der Waals surface area contributed by atoms with Crippen molar-refractivity contribution in [3.63, 3.8) is 0 Å². The van der Waals surface area contributed by atoms with E-state index in [-0.39, 0.29) is 5.69 Å². The molecule has 0 atom stereocenters. The molecule has 0 spiro atoms.